The van der Waals surface area contributed by atoms with Crippen molar-refractivity contribution < 1.29 is 9.90 Å². The number of hydrogen-bond donors (Lipinski definition) is 2. The second kappa shape index (κ2) is 4.98. The topological polar surface area (TPSA) is 52.6 Å². The molecule has 4 nitrogen and oxygen atoms in total. The quantitative estimate of drug-likeness (QED) is 0.853. The molecular weight excluding hydrogens is 228 g/mol. The molecule has 0 spiro atoms. The van der Waals surface area contributed by atoms with E-state index in [0.717, 1.165) is 18.5 Å². The Morgan fingerprint density at radius 3 is 2.72 bits per heavy atom. The molecule has 1 aliphatic heterocycles. The first-order valence-electron chi connectivity index (χ1n) is 6.38. The Labute approximate surface area is 108 Å². The summed E-state index contributed by atoms with van der Waals surface area (Å²) in [6.45, 7) is 2.92. The Kier molecular flexibility index (Phi) is 3.57. The molecule has 1 aromatic rings. The lowest BCUT2D eigenvalue weighted by Crippen LogP contribution is -2.63. The first-order chi connectivity index (χ1) is 8.59. The Balaban J connectivity index is 2.06. The molecule has 98 valence electrons. The predicted molar refractivity (Wildman–Crippen MR) is 71.8 cm³/mol. The minimum absolute atomic E-state index is 0.0132. The van der Waals surface area contributed by atoms with E-state index in [2.05, 4.69) is 5.32 Å². The van der Waals surface area contributed by atoms with Gasteiger partial charge in [0.05, 0.1) is 24.3 Å². The van der Waals surface area contributed by atoms with E-state index in [1.165, 1.54) is 0 Å². The lowest BCUT2D eigenvalue weighted by atomic mass is 9.88. The van der Waals surface area contributed by atoms with E-state index >= 15 is 0 Å². The van der Waals surface area contributed by atoms with Gasteiger partial charge in [0.1, 0.15) is 0 Å². The van der Waals surface area contributed by atoms with Gasteiger partial charge >= 0.3 is 0 Å². The van der Waals surface area contributed by atoms with Crippen LogP contribution in [0.5, 0.6) is 0 Å². The fraction of sp³-hybridized carbons (Fsp3) is 0.500. The third-order valence-electron chi connectivity index (χ3n) is 3.40. The van der Waals surface area contributed by atoms with Crippen LogP contribution >= 0.6 is 0 Å². The summed E-state index contributed by atoms with van der Waals surface area (Å²) in [7, 11) is 1.80. The van der Waals surface area contributed by atoms with Crippen molar-refractivity contribution in [1.29, 1.82) is 0 Å². The molecule has 1 fully saturated rings. The van der Waals surface area contributed by atoms with E-state index in [1.54, 1.807) is 11.9 Å². The molecule has 0 saturated carbocycles. The molecule has 1 aliphatic rings. The number of carbonyl (C=O) groups excluding carboxylic acids is 1. The van der Waals surface area contributed by atoms with Crippen LogP contribution in [0.1, 0.15) is 30.1 Å². The third kappa shape index (κ3) is 2.34. The number of aliphatic hydroxyl groups is 1. The standard InChI is InChI=1S/C14H20N2O2/c1-3-8-14(18)9-16(10-14)13(17)11-6-4-5-7-12(11)15-2/h4-7,15,18H,3,8-10H2,1-2H3. The summed E-state index contributed by atoms with van der Waals surface area (Å²) in [6.07, 6.45) is 1.69. The largest absolute Gasteiger partial charge is 0.387 e. The summed E-state index contributed by atoms with van der Waals surface area (Å²) in [5.74, 6) is -0.0132. The molecule has 1 amide bonds. The van der Waals surface area contributed by atoms with Crippen molar-refractivity contribution >= 4 is 11.6 Å². The van der Waals surface area contributed by atoms with E-state index in [1.807, 2.05) is 31.2 Å². The molecule has 0 aromatic heterocycles. The fourth-order valence-electron chi connectivity index (χ4n) is 2.49. The lowest BCUT2D eigenvalue weighted by molar-refractivity contribution is -0.0859. The molecule has 2 rings (SSSR count). The molecule has 0 atom stereocenters. The number of carbonyl (C=O) groups is 1. The van der Waals surface area contributed by atoms with Crippen LogP contribution in [0.2, 0.25) is 0 Å². The smallest absolute Gasteiger partial charge is 0.256 e. The minimum Gasteiger partial charge on any atom is -0.387 e. The summed E-state index contributed by atoms with van der Waals surface area (Å²) in [5.41, 5.74) is 0.825. The predicted octanol–water partition coefficient (Wildman–Crippen LogP) is 1.72. The molecule has 0 bridgehead atoms. The van der Waals surface area contributed by atoms with Crippen molar-refractivity contribution in [2.45, 2.75) is 25.4 Å². The molecule has 1 heterocycles. The van der Waals surface area contributed by atoms with Crippen molar-refractivity contribution in [2.75, 3.05) is 25.5 Å². The van der Waals surface area contributed by atoms with E-state index in [9.17, 15) is 9.90 Å². The van der Waals surface area contributed by atoms with Gasteiger partial charge in [0.25, 0.3) is 5.91 Å². The van der Waals surface area contributed by atoms with Gasteiger partial charge in [0.15, 0.2) is 0 Å². The maximum Gasteiger partial charge on any atom is 0.256 e. The monoisotopic (exact) mass is 248 g/mol. The Bertz CT molecular complexity index is 439. The van der Waals surface area contributed by atoms with Crippen molar-refractivity contribution in [3.8, 4) is 0 Å². The van der Waals surface area contributed by atoms with Crippen LogP contribution in [-0.2, 0) is 0 Å². The van der Waals surface area contributed by atoms with E-state index in [0.29, 0.717) is 18.7 Å². The van der Waals surface area contributed by atoms with Crippen LogP contribution in [0, 0.1) is 0 Å². The molecular formula is C14H20N2O2. The Hall–Kier alpha value is -1.55. The molecule has 0 aliphatic carbocycles. The van der Waals surface area contributed by atoms with Gasteiger partial charge in [-0.05, 0) is 18.6 Å². The first kappa shape index (κ1) is 12.9. The molecule has 1 saturated heterocycles. The van der Waals surface area contributed by atoms with Gasteiger partial charge in [0.2, 0.25) is 0 Å². The average Bonchev–Trinajstić information content (AvgIpc) is 2.35. The second-order valence-corrected chi connectivity index (χ2v) is 4.93. The van der Waals surface area contributed by atoms with Crippen molar-refractivity contribution in [1.82, 2.24) is 4.90 Å². The van der Waals surface area contributed by atoms with E-state index < -0.39 is 5.60 Å². The maximum absolute atomic E-state index is 12.3. The number of amides is 1. The van der Waals surface area contributed by atoms with Crippen LogP contribution in [-0.4, -0.2) is 41.7 Å². The molecule has 0 radical (unpaired) electrons. The van der Waals surface area contributed by atoms with Crippen molar-refractivity contribution in [3.05, 3.63) is 29.8 Å². The van der Waals surface area contributed by atoms with Crippen molar-refractivity contribution in [2.24, 2.45) is 0 Å². The van der Waals surface area contributed by atoms with E-state index in [4.69, 9.17) is 0 Å². The highest BCUT2D eigenvalue weighted by Crippen LogP contribution is 2.28. The van der Waals surface area contributed by atoms with Crippen LogP contribution in [0.4, 0.5) is 5.69 Å². The number of para-hydroxylation sites is 1. The van der Waals surface area contributed by atoms with Crippen LogP contribution in [0.3, 0.4) is 0 Å². The van der Waals surface area contributed by atoms with E-state index in [-0.39, 0.29) is 5.91 Å². The second-order valence-electron chi connectivity index (χ2n) is 4.93. The number of rotatable bonds is 4. The number of hydrogen-bond acceptors (Lipinski definition) is 3. The van der Waals surface area contributed by atoms with Gasteiger partial charge in [-0.15, -0.1) is 0 Å². The summed E-state index contributed by atoms with van der Waals surface area (Å²) in [5, 5.41) is 13.1. The van der Waals surface area contributed by atoms with Crippen LogP contribution < -0.4 is 5.32 Å². The maximum atomic E-state index is 12.3. The van der Waals surface area contributed by atoms with Crippen LogP contribution in [0.15, 0.2) is 24.3 Å². The van der Waals surface area contributed by atoms with Gasteiger partial charge in [-0.2, -0.15) is 0 Å². The summed E-state index contributed by atoms with van der Waals surface area (Å²) in [6, 6.07) is 7.44. The summed E-state index contributed by atoms with van der Waals surface area (Å²) in [4.78, 5) is 14.0. The Morgan fingerprint density at radius 2 is 2.11 bits per heavy atom. The van der Waals surface area contributed by atoms with Crippen LogP contribution in [0.25, 0.3) is 0 Å². The number of β-amino-alcohol motifs (C(OH)–C–C–N with tert-alkyl or cyclic N) is 1. The first-order valence-corrected chi connectivity index (χ1v) is 6.38. The SMILES string of the molecule is CCCC1(O)CN(C(=O)c2ccccc2NC)C1. The molecule has 1 aromatic carbocycles. The third-order valence-corrected chi connectivity index (χ3v) is 3.40. The Morgan fingerprint density at radius 1 is 1.44 bits per heavy atom. The van der Waals surface area contributed by atoms with Gasteiger partial charge in [-0.3, -0.25) is 4.79 Å². The highest BCUT2D eigenvalue weighted by atomic mass is 16.3. The summed E-state index contributed by atoms with van der Waals surface area (Å²) < 4.78 is 0. The molecule has 0 unspecified atom stereocenters. The highest BCUT2D eigenvalue weighted by Gasteiger charge is 2.43. The van der Waals surface area contributed by atoms with Crippen molar-refractivity contribution in [3.63, 3.8) is 0 Å². The highest BCUT2D eigenvalue weighted by molar-refractivity contribution is 6.00. The number of nitrogens with zero attached hydrogens (tertiary/aromatic N) is 1. The number of likely N-dealkylation sites (tertiary alicyclic amines) is 1. The average molecular weight is 248 g/mol. The molecule has 18 heavy (non-hydrogen) atoms. The number of benzene rings is 1. The lowest BCUT2D eigenvalue weighted by Gasteiger charge is -2.46. The zero-order chi connectivity index (χ0) is 13.2. The number of anilines is 1. The molecule has 2 N–H and O–H groups in total. The molecule has 4 heteroatoms. The fourth-order valence-corrected chi connectivity index (χ4v) is 2.49. The van der Waals surface area contributed by atoms with Gasteiger partial charge in [-0.1, -0.05) is 25.5 Å². The normalized spacial score (nSPS) is 17.2. The minimum atomic E-state index is -0.668. The zero-order valence-corrected chi connectivity index (χ0v) is 10.9. The summed E-state index contributed by atoms with van der Waals surface area (Å²) >= 11 is 0. The number of nitrogens with one attached hydrogen (secondary N) is 1. The van der Waals surface area contributed by atoms with Gasteiger partial charge in [0, 0.05) is 12.7 Å². The van der Waals surface area contributed by atoms with Gasteiger partial charge < -0.3 is 15.3 Å². The zero-order valence-electron chi connectivity index (χ0n) is 10.9. The van der Waals surface area contributed by atoms with Gasteiger partial charge in [-0.25, -0.2) is 0 Å².